The minimum Gasteiger partial charge on any atom is -0.341 e. The molecule has 15 heavy (non-hydrogen) atoms. The van der Waals surface area contributed by atoms with E-state index < -0.39 is 0 Å². The lowest BCUT2D eigenvalue weighted by Gasteiger charge is -2.13. The highest BCUT2D eigenvalue weighted by atomic mass is 15.3. The first-order valence-corrected chi connectivity index (χ1v) is 5.03. The lowest BCUT2D eigenvalue weighted by atomic mass is 10.3. The quantitative estimate of drug-likeness (QED) is 0.680. The topological polar surface area (TPSA) is 52.8 Å². The second kappa shape index (κ2) is 4.56. The Morgan fingerprint density at radius 3 is 2.53 bits per heavy atom. The highest BCUT2D eigenvalue weighted by Crippen LogP contribution is 2.14. The Balaban J connectivity index is 2.10. The molecule has 1 aromatic rings. The van der Waals surface area contributed by atoms with Crippen LogP contribution in [0.25, 0.3) is 6.08 Å². The summed E-state index contributed by atoms with van der Waals surface area (Å²) in [7, 11) is 0. The van der Waals surface area contributed by atoms with E-state index in [4.69, 9.17) is 5.26 Å². The molecule has 0 N–H and O–H groups in total. The molecule has 4 nitrogen and oxygen atoms in total. The molecule has 76 valence electrons. The van der Waals surface area contributed by atoms with Crippen molar-refractivity contribution in [3.05, 3.63) is 24.0 Å². The maximum absolute atomic E-state index is 8.37. The van der Waals surface area contributed by atoms with Crippen molar-refractivity contribution in [1.29, 1.82) is 5.26 Å². The monoisotopic (exact) mass is 200 g/mol. The molecular formula is C11H12N4. The Morgan fingerprint density at radius 2 is 1.93 bits per heavy atom. The number of hydrogen-bond donors (Lipinski definition) is 0. The van der Waals surface area contributed by atoms with Gasteiger partial charge in [0.2, 0.25) is 5.95 Å². The standard InChI is InChI=1S/C11H12N4/c12-5-3-4-10-8-13-11(14-9-10)15-6-1-2-7-15/h3-4,8-9H,1-2,6-7H2. The second-order valence-electron chi connectivity index (χ2n) is 3.47. The molecule has 0 atom stereocenters. The molecule has 1 saturated heterocycles. The van der Waals surface area contributed by atoms with Crippen molar-refractivity contribution in [2.75, 3.05) is 18.0 Å². The van der Waals surface area contributed by atoms with Crippen molar-refractivity contribution in [2.24, 2.45) is 0 Å². The summed E-state index contributed by atoms with van der Waals surface area (Å²) in [6.45, 7) is 2.10. The van der Waals surface area contributed by atoms with Gasteiger partial charge >= 0.3 is 0 Å². The molecule has 1 fully saturated rings. The van der Waals surface area contributed by atoms with Crippen LogP contribution in [0.5, 0.6) is 0 Å². The SMILES string of the molecule is N#CC=Cc1cnc(N2CCCC2)nc1. The highest BCUT2D eigenvalue weighted by molar-refractivity contribution is 5.50. The summed E-state index contributed by atoms with van der Waals surface area (Å²) >= 11 is 0. The Hall–Kier alpha value is -1.89. The smallest absolute Gasteiger partial charge is 0.225 e. The van der Waals surface area contributed by atoms with E-state index >= 15 is 0 Å². The zero-order valence-corrected chi connectivity index (χ0v) is 8.43. The van der Waals surface area contributed by atoms with Gasteiger partial charge in [0.05, 0.1) is 6.07 Å². The van der Waals surface area contributed by atoms with E-state index in [1.807, 2.05) is 6.07 Å². The third-order valence-electron chi connectivity index (χ3n) is 2.40. The summed E-state index contributed by atoms with van der Waals surface area (Å²) in [5.74, 6) is 0.793. The third kappa shape index (κ3) is 2.32. The van der Waals surface area contributed by atoms with Gasteiger partial charge in [-0.3, -0.25) is 0 Å². The van der Waals surface area contributed by atoms with Crippen molar-refractivity contribution in [2.45, 2.75) is 12.8 Å². The van der Waals surface area contributed by atoms with Crippen LogP contribution >= 0.6 is 0 Å². The maximum Gasteiger partial charge on any atom is 0.225 e. The molecular weight excluding hydrogens is 188 g/mol. The largest absolute Gasteiger partial charge is 0.341 e. The molecule has 0 unspecified atom stereocenters. The average molecular weight is 200 g/mol. The molecule has 0 saturated carbocycles. The van der Waals surface area contributed by atoms with Crippen LogP contribution in [-0.4, -0.2) is 23.1 Å². The van der Waals surface area contributed by atoms with Crippen molar-refractivity contribution in [3.8, 4) is 6.07 Å². The van der Waals surface area contributed by atoms with Crippen molar-refractivity contribution >= 4 is 12.0 Å². The number of nitriles is 1. The van der Waals surface area contributed by atoms with Crippen molar-refractivity contribution in [1.82, 2.24) is 9.97 Å². The number of anilines is 1. The third-order valence-corrected chi connectivity index (χ3v) is 2.40. The lowest BCUT2D eigenvalue weighted by Crippen LogP contribution is -2.20. The van der Waals surface area contributed by atoms with Gasteiger partial charge in [-0.15, -0.1) is 0 Å². The molecule has 0 aliphatic carbocycles. The number of aromatic nitrogens is 2. The normalized spacial score (nSPS) is 15.8. The van der Waals surface area contributed by atoms with E-state index in [-0.39, 0.29) is 0 Å². The van der Waals surface area contributed by atoms with E-state index in [2.05, 4.69) is 14.9 Å². The summed E-state index contributed by atoms with van der Waals surface area (Å²) in [6, 6.07) is 1.94. The fourth-order valence-electron chi connectivity index (χ4n) is 1.63. The fraction of sp³-hybridized carbons (Fsp3) is 0.364. The van der Waals surface area contributed by atoms with Gasteiger partial charge in [0, 0.05) is 37.1 Å². The van der Waals surface area contributed by atoms with E-state index in [0.717, 1.165) is 24.6 Å². The molecule has 2 heterocycles. The van der Waals surface area contributed by atoms with Gasteiger partial charge in [-0.1, -0.05) is 0 Å². The van der Waals surface area contributed by atoms with Gasteiger partial charge in [-0.2, -0.15) is 5.26 Å². The molecule has 0 spiro atoms. The Labute approximate surface area is 88.9 Å². The van der Waals surface area contributed by atoms with Crippen LogP contribution in [0.15, 0.2) is 18.5 Å². The molecule has 0 bridgehead atoms. The first-order valence-electron chi connectivity index (χ1n) is 5.03. The van der Waals surface area contributed by atoms with Crippen molar-refractivity contribution < 1.29 is 0 Å². The predicted octanol–water partition coefficient (Wildman–Crippen LogP) is 1.61. The molecule has 1 aromatic heterocycles. The molecule has 1 aliphatic rings. The van der Waals surface area contributed by atoms with Crippen LogP contribution in [0.1, 0.15) is 18.4 Å². The number of rotatable bonds is 2. The average Bonchev–Trinajstić information content (AvgIpc) is 2.80. The van der Waals surface area contributed by atoms with Gasteiger partial charge in [-0.05, 0) is 18.9 Å². The van der Waals surface area contributed by atoms with Gasteiger partial charge in [0.1, 0.15) is 0 Å². The summed E-state index contributed by atoms with van der Waals surface area (Å²) in [6.07, 6.45) is 9.06. The molecule has 2 rings (SSSR count). The Bertz CT molecular complexity index is 382. The van der Waals surface area contributed by atoms with Crippen LogP contribution in [0.2, 0.25) is 0 Å². The van der Waals surface area contributed by atoms with Crippen LogP contribution in [0.3, 0.4) is 0 Å². The van der Waals surface area contributed by atoms with Gasteiger partial charge in [0.15, 0.2) is 0 Å². The second-order valence-corrected chi connectivity index (χ2v) is 3.47. The van der Waals surface area contributed by atoms with Gasteiger partial charge in [-0.25, -0.2) is 9.97 Å². The maximum atomic E-state index is 8.37. The summed E-state index contributed by atoms with van der Waals surface area (Å²) in [4.78, 5) is 10.7. The molecule has 0 aromatic carbocycles. The van der Waals surface area contributed by atoms with Gasteiger partial charge < -0.3 is 4.90 Å². The van der Waals surface area contributed by atoms with E-state index in [1.165, 1.54) is 18.9 Å². The Kier molecular flexibility index (Phi) is 2.93. The minimum absolute atomic E-state index is 0.793. The zero-order valence-electron chi connectivity index (χ0n) is 8.43. The summed E-state index contributed by atoms with van der Waals surface area (Å²) in [5.41, 5.74) is 0.861. The van der Waals surface area contributed by atoms with Crippen molar-refractivity contribution in [3.63, 3.8) is 0 Å². The van der Waals surface area contributed by atoms with Crippen LogP contribution in [0.4, 0.5) is 5.95 Å². The van der Waals surface area contributed by atoms with Crippen LogP contribution < -0.4 is 4.90 Å². The van der Waals surface area contributed by atoms with E-state index in [9.17, 15) is 0 Å². The van der Waals surface area contributed by atoms with Crippen LogP contribution in [0, 0.1) is 11.3 Å². The van der Waals surface area contributed by atoms with Gasteiger partial charge in [0.25, 0.3) is 0 Å². The summed E-state index contributed by atoms with van der Waals surface area (Å²) in [5, 5.41) is 8.37. The summed E-state index contributed by atoms with van der Waals surface area (Å²) < 4.78 is 0. The van der Waals surface area contributed by atoms with E-state index in [1.54, 1.807) is 18.5 Å². The van der Waals surface area contributed by atoms with E-state index in [0.29, 0.717) is 0 Å². The first kappa shape index (κ1) is 9.66. The lowest BCUT2D eigenvalue weighted by molar-refractivity contribution is 0.897. The van der Waals surface area contributed by atoms with Crippen LogP contribution in [-0.2, 0) is 0 Å². The molecule has 0 amide bonds. The molecule has 1 aliphatic heterocycles. The predicted molar refractivity (Wildman–Crippen MR) is 58.1 cm³/mol. The number of allylic oxidation sites excluding steroid dienone is 1. The Morgan fingerprint density at radius 1 is 1.27 bits per heavy atom. The molecule has 4 heteroatoms. The fourth-order valence-corrected chi connectivity index (χ4v) is 1.63. The number of hydrogen-bond acceptors (Lipinski definition) is 4. The number of nitrogens with zero attached hydrogens (tertiary/aromatic N) is 4. The first-order chi connectivity index (χ1) is 7.40. The zero-order chi connectivity index (χ0) is 10.5. The highest BCUT2D eigenvalue weighted by Gasteiger charge is 2.13. The minimum atomic E-state index is 0.793. The molecule has 0 radical (unpaired) electrons.